The van der Waals surface area contributed by atoms with Gasteiger partial charge >= 0.3 is 0 Å². The van der Waals surface area contributed by atoms with Gasteiger partial charge in [0, 0.05) is 17.1 Å². The van der Waals surface area contributed by atoms with Crippen molar-refractivity contribution in [3.05, 3.63) is 28.8 Å². The molecule has 2 aliphatic carbocycles. The number of hydrogen-bond donors (Lipinski definition) is 2. The molecule has 0 radical (unpaired) electrons. The van der Waals surface area contributed by atoms with Crippen LogP contribution in [0.15, 0.2) is 18.3 Å². The summed E-state index contributed by atoms with van der Waals surface area (Å²) in [4.78, 5) is 18.0. The van der Waals surface area contributed by atoms with E-state index in [-0.39, 0.29) is 11.9 Å². The molecule has 0 aromatic carbocycles. The molecule has 4 nitrogen and oxygen atoms in total. The third-order valence-corrected chi connectivity index (χ3v) is 5.57. The topological polar surface area (TPSA) is 62.2 Å². The van der Waals surface area contributed by atoms with E-state index >= 15 is 0 Å². The number of fused-ring (bicyclic) bond motifs is 1. The number of thiophene rings is 1. The molecule has 0 spiro atoms. The van der Waals surface area contributed by atoms with E-state index in [1.165, 1.54) is 17.7 Å². The van der Waals surface area contributed by atoms with E-state index in [1.807, 2.05) is 6.07 Å². The van der Waals surface area contributed by atoms with Crippen molar-refractivity contribution in [1.82, 2.24) is 10.3 Å². The Balaban J connectivity index is 1.51. The first kappa shape index (κ1) is 13.2. The number of aromatic nitrogens is 1. The van der Waals surface area contributed by atoms with Crippen molar-refractivity contribution >= 4 is 27.5 Å². The fourth-order valence-corrected chi connectivity index (χ4v) is 4.23. The van der Waals surface area contributed by atoms with E-state index in [2.05, 4.69) is 16.4 Å². The summed E-state index contributed by atoms with van der Waals surface area (Å²) in [6, 6.07) is 4.17. The van der Waals surface area contributed by atoms with Crippen molar-refractivity contribution in [2.24, 2.45) is 0 Å². The summed E-state index contributed by atoms with van der Waals surface area (Å²) in [5.74, 6) is 0.630. The van der Waals surface area contributed by atoms with Crippen molar-refractivity contribution in [3.8, 4) is 0 Å². The molecule has 4 rings (SSSR count). The van der Waals surface area contributed by atoms with E-state index in [0.29, 0.717) is 18.4 Å². The first-order valence-electron chi connectivity index (χ1n) is 7.43. The molecule has 0 unspecified atom stereocenters. The number of carbonyl (C=O) groups excluding carboxylic acids is 1. The van der Waals surface area contributed by atoms with Crippen LogP contribution >= 0.6 is 11.3 Å². The Morgan fingerprint density at radius 3 is 2.86 bits per heavy atom. The molecule has 0 saturated heterocycles. The second-order valence-corrected chi connectivity index (χ2v) is 7.72. The molecule has 0 bridgehead atoms. The minimum Gasteiger partial charge on any atom is -0.390 e. The lowest BCUT2D eigenvalue weighted by atomic mass is 9.77. The van der Waals surface area contributed by atoms with Crippen LogP contribution in [0.25, 0.3) is 10.2 Å². The highest BCUT2D eigenvalue weighted by atomic mass is 32.1. The average Bonchev–Trinajstić information content (AvgIpc) is 3.15. The SMILES string of the molecule is CC1(O)CC(NC(=O)c2cnc3cc(C4CC4)sc3c2)C1. The molecule has 21 heavy (non-hydrogen) atoms. The summed E-state index contributed by atoms with van der Waals surface area (Å²) in [7, 11) is 0. The lowest BCUT2D eigenvalue weighted by Gasteiger charge is -2.41. The molecular formula is C16H18N2O2S. The first-order chi connectivity index (χ1) is 10.00. The third kappa shape index (κ3) is 2.56. The molecule has 0 atom stereocenters. The van der Waals surface area contributed by atoms with Gasteiger partial charge in [-0.05, 0) is 50.7 Å². The van der Waals surface area contributed by atoms with Gasteiger partial charge in [-0.1, -0.05) is 0 Å². The Morgan fingerprint density at radius 2 is 2.19 bits per heavy atom. The predicted molar refractivity (Wildman–Crippen MR) is 82.7 cm³/mol. The van der Waals surface area contributed by atoms with Gasteiger partial charge < -0.3 is 10.4 Å². The maximum absolute atomic E-state index is 12.2. The van der Waals surface area contributed by atoms with E-state index in [4.69, 9.17) is 0 Å². The van der Waals surface area contributed by atoms with Gasteiger partial charge in [0.15, 0.2) is 0 Å². The Kier molecular flexibility index (Phi) is 2.84. The number of pyridine rings is 1. The maximum Gasteiger partial charge on any atom is 0.253 e. The summed E-state index contributed by atoms with van der Waals surface area (Å²) in [5.41, 5.74) is 0.982. The monoisotopic (exact) mass is 302 g/mol. The standard InChI is InChI=1S/C16H18N2O2S/c1-16(20)6-11(7-16)18-15(19)10-4-14-12(17-8-10)5-13(21-14)9-2-3-9/h4-5,8-9,11,20H,2-3,6-7H2,1H3,(H,18,19). The number of amides is 1. The Bertz CT molecular complexity index is 710. The highest BCUT2D eigenvalue weighted by molar-refractivity contribution is 7.19. The molecular weight excluding hydrogens is 284 g/mol. The normalized spacial score (nSPS) is 28.4. The van der Waals surface area contributed by atoms with Crippen LogP contribution in [0.1, 0.15) is 53.8 Å². The van der Waals surface area contributed by atoms with E-state index < -0.39 is 5.60 Å². The maximum atomic E-state index is 12.2. The summed E-state index contributed by atoms with van der Waals surface area (Å²) >= 11 is 1.76. The zero-order valence-electron chi connectivity index (χ0n) is 11.9. The summed E-state index contributed by atoms with van der Waals surface area (Å²) < 4.78 is 1.09. The fourth-order valence-electron chi connectivity index (χ4n) is 3.00. The highest BCUT2D eigenvalue weighted by Crippen LogP contribution is 2.44. The van der Waals surface area contributed by atoms with Crippen LogP contribution in [0.2, 0.25) is 0 Å². The molecule has 2 aliphatic rings. The zero-order chi connectivity index (χ0) is 14.6. The number of nitrogens with one attached hydrogen (secondary N) is 1. The van der Waals surface area contributed by atoms with Gasteiger partial charge in [0.25, 0.3) is 5.91 Å². The highest BCUT2D eigenvalue weighted by Gasteiger charge is 2.39. The lowest BCUT2D eigenvalue weighted by molar-refractivity contribution is -0.0366. The molecule has 2 aromatic heterocycles. The molecule has 2 fully saturated rings. The number of carbonyl (C=O) groups is 1. The van der Waals surface area contributed by atoms with Crippen LogP contribution < -0.4 is 5.32 Å². The van der Waals surface area contributed by atoms with Crippen LogP contribution in [0.5, 0.6) is 0 Å². The van der Waals surface area contributed by atoms with Crippen LogP contribution in [0, 0.1) is 0 Å². The predicted octanol–water partition coefficient (Wildman–Crippen LogP) is 2.82. The first-order valence-corrected chi connectivity index (χ1v) is 8.25. The van der Waals surface area contributed by atoms with Crippen molar-refractivity contribution < 1.29 is 9.90 Å². The van der Waals surface area contributed by atoms with Gasteiger partial charge in [-0.3, -0.25) is 9.78 Å². The second kappa shape index (κ2) is 4.52. The Labute approximate surface area is 127 Å². The Hall–Kier alpha value is -1.46. The molecule has 2 N–H and O–H groups in total. The van der Waals surface area contributed by atoms with Gasteiger partial charge in [0.05, 0.1) is 21.4 Å². The molecule has 2 aromatic rings. The quantitative estimate of drug-likeness (QED) is 0.916. The van der Waals surface area contributed by atoms with Crippen LogP contribution in [0.4, 0.5) is 0 Å². The van der Waals surface area contributed by atoms with Crippen LogP contribution in [-0.2, 0) is 0 Å². The van der Waals surface area contributed by atoms with Gasteiger partial charge in [-0.15, -0.1) is 11.3 Å². The molecule has 2 saturated carbocycles. The largest absolute Gasteiger partial charge is 0.390 e. The van der Waals surface area contributed by atoms with Crippen LogP contribution in [-0.4, -0.2) is 27.6 Å². The molecule has 2 heterocycles. The summed E-state index contributed by atoms with van der Waals surface area (Å²) in [6.45, 7) is 1.80. The average molecular weight is 302 g/mol. The van der Waals surface area contributed by atoms with Gasteiger partial charge in [-0.25, -0.2) is 0 Å². The van der Waals surface area contributed by atoms with Gasteiger partial charge in [-0.2, -0.15) is 0 Å². The van der Waals surface area contributed by atoms with Gasteiger partial charge in [0.2, 0.25) is 0 Å². The third-order valence-electron chi connectivity index (χ3n) is 4.34. The van der Waals surface area contributed by atoms with Crippen molar-refractivity contribution in [2.45, 2.75) is 50.2 Å². The van der Waals surface area contributed by atoms with Crippen molar-refractivity contribution in [1.29, 1.82) is 0 Å². The molecule has 0 aliphatic heterocycles. The van der Waals surface area contributed by atoms with E-state index in [9.17, 15) is 9.90 Å². The number of aliphatic hydroxyl groups is 1. The number of rotatable bonds is 3. The van der Waals surface area contributed by atoms with E-state index in [1.54, 1.807) is 24.5 Å². The summed E-state index contributed by atoms with van der Waals surface area (Å²) in [6.07, 6.45) is 5.46. The Morgan fingerprint density at radius 1 is 1.43 bits per heavy atom. The number of hydrogen-bond acceptors (Lipinski definition) is 4. The van der Waals surface area contributed by atoms with Crippen LogP contribution in [0.3, 0.4) is 0 Å². The molecule has 110 valence electrons. The van der Waals surface area contributed by atoms with Gasteiger partial charge in [0.1, 0.15) is 0 Å². The zero-order valence-corrected chi connectivity index (χ0v) is 12.7. The van der Waals surface area contributed by atoms with E-state index in [0.717, 1.165) is 16.1 Å². The summed E-state index contributed by atoms with van der Waals surface area (Å²) in [5, 5.41) is 12.7. The molecule has 1 amide bonds. The lowest BCUT2D eigenvalue weighted by Crippen LogP contribution is -2.53. The minimum atomic E-state index is -0.618. The smallest absolute Gasteiger partial charge is 0.253 e. The number of nitrogens with zero attached hydrogens (tertiary/aromatic N) is 1. The molecule has 5 heteroatoms. The second-order valence-electron chi connectivity index (χ2n) is 6.61. The van der Waals surface area contributed by atoms with Crippen molar-refractivity contribution in [2.75, 3.05) is 0 Å². The fraction of sp³-hybridized carbons (Fsp3) is 0.500. The van der Waals surface area contributed by atoms with Crippen molar-refractivity contribution in [3.63, 3.8) is 0 Å². The minimum absolute atomic E-state index is 0.0774.